The van der Waals surface area contributed by atoms with Crippen LogP contribution < -0.4 is 10.1 Å². The second-order valence-electron chi connectivity index (χ2n) is 5.98. The zero-order valence-electron chi connectivity index (χ0n) is 13.0. The predicted octanol–water partition coefficient (Wildman–Crippen LogP) is 0.710. The van der Waals surface area contributed by atoms with Crippen molar-refractivity contribution in [2.45, 2.75) is 12.5 Å². The monoisotopic (exact) mass is 313 g/mol. The number of carbonyl (C=O) groups excluding carboxylic acids is 1. The van der Waals surface area contributed by atoms with Crippen LogP contribution in [0, 0.1) is 5.92 Å². The lowest BCUT2D eigenvalue weighted by Gasteiger charge is -2.51. The fourth-order valence-corrected chi connectivity index (χ4v) is 3.44. The van der Waals surface area contributed by atoms with Gasteiger partial charge in [-0.2, -0.15) is 15.0 Å². The Morgan fingerprint density at radius 1 is 1.35 bits per heavy atom. The Balaban J connectivity index is 1.68. The number of carbonyl (C=O) groups is 1. The van der Waals surface area contributed by atoms with Gasteiger partial charge in [0, 0.05) is 19.1 Å². The zero-order chi connectivity index (χ0) is 15.8. The van der Waals surface area contributed by atoms with Gasteiger partial charge in [0.05, 0.1) is 30.8 Å². The molecule has 0 spiro atoms. The molecule has 2 saturated heterocycles. The van der Waals surface area contributed by atoms with E-state index >= 15 is 0 Å². The third kappa shape index (κ3) is 2.37. The van der Waals surface area contributed by atoms with Crippen LogP contribution in [0.4, 0.5) is 0 Å². The average molecular weight is 313 g/mol. The number of fused-ring (bicyclic) bond motifs is 1. The molecule has 2 aliphatic heterocycles. The molecule has 2 unspecified atom stereocenters. The van der Waals surface area contributed by atoms with E-state index in [-0.39, 0.29) is 5.91 Å². The van der Waals surface area contributed by atoms with Gasteiger partial charge in [-0.25, -0.2) is 0 Å². The molecule has 1 aromatic carbocycles. The molecule has 0 saturated carbocycles. The smallest absolute Gasteiger partial charge is 0.256 e. The summed E-state index contributed by atoms with van der Waals surface area (Å²) < 4.78 is 5.28. The molecule has 3 heterocycles. The van der Waals surface area contributed by atoms with Gasteiger partial charge in [0.1, 0.15) is 5.75 Å². The van der Waals surface area contributed by atoms with Crippen LogP contribution in [0.5, 0.6) is 5.75 Å². The molecular weight excluding hydrogens is 294 g/mol. The molecule has 120 valence electrons. The minimum Gasteiger partial charge on any atom is -0.497 e. The topological polar surface area (TPSA) is 72.3 Å². The Morgan fingerprint density at radius 3 is 2.91 bits per heavy atom. The third-order valence-corrected chi connectivity index (χ3v) is 4.75. The van der Waals surface area contributed by atoms with Crippen LogP contribution in [-0.2, 0) is 0 Å². The van der Waals surface area contributed by atoms with Crippen molar-refractivity contribution >= 4 is 5.91 Å². The molecule has 1 amide bonds. The first-order chi connectivity index (χ1) is 11.3. The Bertz CT molecular complexity index is 715. The number of aromatic nitrogens is 3. The summed E-state index contributed by atoms with van der Waals surface area (Å²) in [6.45, 7) is 2.74. The number of amides is 1. The van der Waals surface area contributed by atoms with Crippen LogP contribution in [0.15, 0.2) is 30.6 Å². The van der Waals surface area contributed by atoms with Crippen LogP contribution in [0.2, 0.25) is 0 Å². The van der Waals surface area contributed by atoms with Gasteiger partial charge in [0.15, 0.2) is 0 Å². The highest BCUT2D eigenvalue weighted by Crippen LogP contribution is 2.32. The van der Waals surface area contributed by atoms with Crippen molar-refractivity contribution in [3.63, 3.8) is 0 Å². The molecule has 0 radical (unpaired) electrons. The normalized spacial score (nSPS) is 23.1. The maximum Gasteiger partial charge on any atom is 0.256 e. The van der Waals surface area contributed by atoms with Crippen LogP contribution in [0.3, 0.4) is 0 Å². The lowest BCUT2D eigenvalue weighted by atomic mass is 9.82. The van der Waals surface area contributed by atoms with Crippen LogP contribution in [0.1, 0.15) is 16.8 Å². The number of hydrogen-bond acceptors (Lipinski definition) is 5. The highest BCUT2D eigenvalue weighted by atomic mass is 16.5. The van der Waals surface area contributed by atoms with E-state index in [1.165, 1.54) is 4.80 Å². The van der Waals surface area contributed by atoms with Crippen molar-refractivity contribution < 1.29 is 9.53 Å². The second kappa shape index (κ2) is 5.66. The maximum absolute atomic E-state index is 13.0. The second-order valence-corrected chi connectivity index (χ2v) is 5.98. The molecular formula is C16H19N5O2. The molecule has 1 N–H and O–H groups in total. The zero-order valence-corrected chi connectivity index (χ0v) is 13.0. The molecule has 23 heavy (non-hydrogen) atoms. The first kappa shape index (κ1) is 14.2. The number of methoxy groups -OCH3 is 1. The molecule has 7 heteroatoms. The van der Waals surface area contributed by atoms with E-state index in [2.05, 4.69) is 15.5 Å². The quantitative estimate of drug-likeness (QED) is 0.903. The molecule has 4 rings (SSSR count). The summed E-state index contributed by atoms with van der Waals surface area (Å²) >= 11 is 0. The number of nitrogens with zero attached hydrogens (tertiary/aromatic N) is 4. The van der Waals surface area contributed by atoms with Crippen molar-refractivity contribution in [2.24, 2.45) is 5.92 Å². The van der Waals surface area contributed by atoms with Gasteiger partial charge in [-0.3, -0.25) is 4.79 Å². The van der Waals surface area contributed by atoms with Crippen molar-refractivity contribution in [3.8, 4) is 11.4 Å². The number of benzene rings is 1. The van der Waals surface area contributed by atoms with E-state index < -0.39 is 0 Å². The lowest BCUT2D eigenvalue weighted by molar-refractivity contribution is 0.00277. The summed E-state index contributed by atoms with van der Waals surface area (Å²) in [5.41, 5.74) is 1.25. The molecule has 1 aromatic heterocycles. The van der Waals surface area contributed by atoms with Crippen molar-refractivity contribution in [2.75, 3.05) is 26.7 Å². The van der Waals surface area contributed by atoms with Gasteiger partial charge in [-0.15, -0.1) is 0 Å². The summed E-state index contributed by atoms with van der Waals surface area (Å²) in [4.78, 5) is 16.5. The number of ether oxygens (including phenoxy) is 1. The molecule has 2 atom stereocenters. The highest BCUT2D eigenvalue weighted by molar-refractivity contribution is 5.99. The summed E-state index contributed by atoms with van der Waals surface area (Å²) in [5, 5.41) is 11.7. The lowest BCUT2D eigenvalue weighted by Crippen LogP contribution is -2.65. The van der Waals surface area contributed by atoms with E-state index in [0.29, 0.717) is 29.0 Å². The fraction of sp³-hybridized carbons (Fsp3) is 0.438. The third-order valence-electron chi connectivity index (χ3n) is 4.75. The van der Waals surface area contributed by atoms with Crippen molar-refractivity contribution in [3.05, 3.63) is 36.2 Å². The van der Waals surface area contributed by atoms with E-state index in [9.17, 15) is 4.79 Å². The Kier molecular flexibility index (Phi) is 3.49. The molecule has 0 bridgehead atoms. The van der Waals surface area contributed by atoms with Crippen LogP contribution >= 0.6 is 0 Å². The minimum atomic E-state index is 0.0150. The first-order valence-corrected chi connectivity index (χ1v) is 7.84. The van der Waals surface area contributed by atoms with E-state index in [1.807, 2.05) is 17.0 Å². The molecule has 2 aliphatic rings. The Hall–Kier alpha value is -2.41. The summed E-state index contributed by atoms with van der Waals surface area (Å²) in [5.74, 6) is 1.29. The van der Waals surface area contributed by atoms with Gasteiger partial charge in [-0.1, -0.05) is 0 Å². The van der Waals surface area contributed by atoms with Crippen LogP contribution in [-0.4, -0.2) is 58.6 Å². The fourth-order valence-electron chi connectivity index (χ4n) is 3.44. The van der Waals surface area contributed by atoms with E-state index in [1.54, 1.807) is 25.6 Å². The van der Waals surface area contributed by atoms with Crippen LogP contribution in [0.25, 0.3) is 5.69 Å². The molecule has 7 nitrogen and oxygen atoms in total. The van der Waals surface area contributed by atoms with Gasteiger partial charge in [-0.05, 0) is 37.1 Å². The number of hydrogen-bond donors (Lipinski definition) is 1. The predicted molar refractivity (Wildman–Crippen MR) is 83.7 cm³/mol. The molecule has 0 aliphatic carbocycles. The number of nitrogens with one attached hydrogen (secondary N) is 1. The van der Waals surface area contributed by atoms with E-state index in [4.69, 9.17) is 4.74 Å². The van der Waals surface area contributed by atoms with Crippen molar-refractivity contribution in [1.82, 2.24) is 25.2 Å². The van der Waals surface area contributed by atoms with Gasteiger partial charge >= 0.3 is 0 Å². The summed E-state index contributed by atoms with van der Waals surface area (Å²) in [6, 6.07) is 5.70. The van der Waals surface area contributed by atoms with Gasteiger partial charge in [0.25, 0.3) is 5.91 Å². The molecule has 2 fully saturated rings. The van der Waals surface area contributed by atoms with Gasteiger partial charge < -0.3 is 15.0 Å². The highest BCUT2D eigenvalue weighted by Gasteiger charge is 2.43. The maximum atomic E-state index is 13.0. The van der Waals surface area contributed by atoms with E-state index in [0.717, 1.165) is 26.1 Å². The van der Waals surface area contributed by atoms with Gasteiger partial charge in [0.2, 0.25) is 0 Å². The first-order valence-electron chi connectivity index (χ1n) is 7.84. The Morgan fingerprint density at radius 2 is 2.17 bits per heavy atom. The largest absolute Gasteiger partial charge is 0.497 e. The number of piperidine rings is 1. The SMILES string of the molecule is COc1ccc(-n2nccn2)c(C(=O)N2CC3CCNCC32)c1. The summed E-state index contributed by atoms with van der Waals surface area (Å²) in [7, 11) is 1.60. The average Bonchev–Trinajstić information content (AvgIpc) is 3.09. The Labute approximate surface area is 134 Å². The standard InChI is InChI=1S/C16H19N5O2/c1-23-12-2-3-14(21-18-6-7-19-21)13(8-12)16(22)20-10-11-4-5-17-9-15(11)20/h2-3,6-8,11,15,17H,4-5,9-10H2,1H3. The number of rotatable bonds is 3. The summed E-state index contributed by atoms with van der Waals surface area (Å²) in [6.07, 6.45) is 4.34. The minimum absolute atomic E-state index is 0.0150. The van der Waals surface area contributed by atoms with Crippen molar-refractivity contribution in [1.29, 1.82) is 0 Å². The number of likely N-dealkylation sites (tertiary alicyclic amines) is 1. The molecule has 2 aromatic rings.